The number of hydrogen-bond donors (Lipinski definition) is 2. The highest BCUT2D eigenvalue weighted by molar-refractivity contribution is 7.89. The SMILES string of the molecule is O=S(=O)(CC1CCCO1)N(CCO)CCO. The summed E-state index contributed by atoms with van der Waals surface area (Å²) in [4.78, 5) is 0. The van der Waals surface area contributed by atoms with Crippen molar-refractivity contribution in [2.75, 3.05) is 38.7 Å². The van der Waals surface area contributed by atoms with Crippen molar-refractivity contribution >= 4 is 10.0 Å². The van der Waals surface area contributed by atoms with Crippen molar-refractivity contribution in [3.05, 3.63) is 0 Å². The zero-order chi connectivity index (χ0) is 12.0. The third-order valence-corrected chi connectivity index (χ3v) is 4.46. The van der Waals surface area contributed by atoms with Gasteiger partial charge in [-0.2, -0.15) is 4.31 Å². The van der Waals surface area contributed by atoms with Gasteiger partial charge in [0.05, 0.1) is 25.1 Å². The molecule has 0 spiro atoms. The maximum Gasteiger partial charge on any atom is 0.216 e. The van der Waals surface area contributed by atoms with E-state index < -0.39 is 10.0 Å². The molecule has 16 heavy (non-hydrogen) atoms. The van der Waals surface area contributed by atoms with Gasteiger partial charge in [-0.1, -0.05) is 0 Å². The van der Waals surface area contributed by atoms with Gasteiger partial charge in [0.15, 0.2) is 0 Å². The van der Waals surface area contributed by atoms with Crippen LogP contribution in [0.3, 0.4) is 0 Å². The van der Waals surface area contributed by atoms with Crippen LogP contribution in [0.15, 0.2) is 0 Å². The molecule has 6 nitrogen and oxygen atoms in total. The first-order valence-corrected chi connectivity index (χ1v) is 7.02. The highest BCUT2D eigenvalue weighted by atomic mass is 32.2. The van der Waals surface area contributed by atoms with Crippen molar-refractivity contribution in [2.24, 2.45) is 0 Å². The molecule has 1 saturated heterocycles. The van der Waals surface area contributed by atoms with Gasteiger partial charge >= 0.3 is 0 Å². The number of aliphatic hydroxyl groups is 2. The molecule has 1 unspecified atom stereocenters. The molecule has 0 saturated carbocycles. The molecule has 1 rings (SSSR count). The predicted octanol–water partition coefficient (Wildman–Crippen LogP) is -1.22. The third kappa shape index (κ3) is 3.99. The molecule has 1 aliphatic heterocycles. The first-order chi connectivity index (χ1) is 7.60. The van der Waals surface area contributed by atoms with E-state index in [1.165, 1.54) is 0 Å². The summed E-state index contributed by atoms with van der Waals surface area (Å²) in [5.74, 6) is -0.0625. The predicted molar refractivity (Wildman–Crippen MR) is 58.5 cm³/mol. The van der Waals surface area contributed by atoms with Crippen LogP contribution >= 0.6 is 0 Å². The van der Waals surface area contributed by atoms with E-state index in [1.807, 2.05) is 0 Å². The largest absolute Gasteiger partial charge is 0.395 e. The van der Waals surface area contributed by atoms with Crippen LogP contribution in [0.2, 0.25) is 0 Å². The lowest BCUT2D eigenvalue weighted by Gasteiger charge is -2.21. The van der Waals surface area contributed by atoms with Crippen LogP contribution in [0.4, 0.5) is 0 Å². The van der Waals surface area contributed by atoms with E-state index in [-0.39, 0.29) is 38.2 Å². The Balaban J connectivity index is 2.57. The van der Waals surface area contributed by atoms with Crippen molar-refractivity contribution in [3.63, 3.8) is 0 Å². The summed E-state index contributed by atoms with van der Waals surface area (Å²) < 4.78 is 30.2. The first-order valence-electron chi connectivity index (χ1n) is 5.41. The average molecular weight is 253 g/mol. The Morgan fingerprint density at radius 3 is 2.31 bits per heavy atom. The van der Waals surface area contributed by atoms with E-state index >= 15 is 0 Å². The van der Waals surface area contributed by atoms with Crippen LogP contribution in [0.1, 0.15) is 12.8 Å². The molecule has 1 atom stereocenters. The first kappa shape index (κ1) is 13.9. The van der Waals surface area contributed by atoms with E-state index in [0.29, 0.717) is 6.61 Å². The van der Waals surface area contributed by atoms with Crippen molar-refractivity contribution in [1.29, 1.82) is 0 Å². The molecular weight excluding hydrogens is 234 g/mol. The number of ether oxygens (including phenoxy) is 1. The van der Waals surface area contributed by atoms with Crippen molar-refractivity contribution < 1.29 is 23.4 Å². The van der Waals surface area contributed by atoms with Crippen LogP contribution in [0, 0.1) is 0 Å². The number of hydrogen-bond acceptors (Lipinski definition) is 5. The topological polar surface area (TPSA) is 87.1 Å². The number of aliphatic hydroxyl groups excluding tert-OH is 2. The summed E-state index contributed by atoms with van der Waals surface area (Å²) in [6.45, 7) is 0.168. The molecule has 0 aromatic heterocycles. The molecule has 0 aliphatic carbocycles. The zero-order valence-electron chi connectivity index (χ0n) is 9.21. The smallest absolute Gasteiger partial charge is 0.216 e. The van der Waals surface area contributed by atoms with Crippen molar-refractivity contribution in [1.82, 2.24) is 4.31 Å². The molecule has 1 aliphatic rings. The summed E-state index contributed by atoms with van der Waals surface area (Å²) in [5.41, 5.74) is 0. The van der Waals surface area contributed by atoms with E-state index in [0.717, 1.165) is 17.1 Å². The summed E-state index contributed by atoms with van der Waals surface area (Å²) in [6.07, 6.45) is 1.40. The Morgan fingerprint density at radius 2 is 1.88 bits per heavy atom. The van der Waals surface area contributed by atoms with Crippen LogP contribution in [0.25, 0.3) is 0 Å². The molecule has 1 fully saturated rings. The van der Waals surface area contributed by atoms with E-state index in [4.69, 9.17) is 14.9 Å². The molecule has 0 bridgehead atoms. The average Bonchev–Trinajstić information content (AvgIpc) is 2.69. The van der Waals surface area contributed by atoms with E-state index in [1.54, 1.807) is 0 Å². The molecule has 0 aromatic rings. The Kier molecular flexibility index (Phi) is 5.63. The fourth-order valence-electron chi connectivity index (χ4n) is 1.73. The maximum atomic E-state index is 11.9. The molecule has 0 aromatic carbocycles. The normalized spacial score (nSPS) is 21.8. The number of nitrogens with zero attached hydrogens (tertiary/aromatic N) is 1. The molecule has 2 N–H and O–H groups in total. The molecule has 0 radical (unpaired) electrons. The number of sulfonamides is 1. The van der Waals surface area contributed by atoms with E-state index in [2.05, 4.69) is 0 Å². The highest BCUT2D eigenvalue weighted by Crippen LogP contribution is 2.15. The van der Waals surface area contributed by atoms with Crippen LogP contribution in [-0.2, 0) is 14.8 Å². The van der Waals surface area contributed by atoms with Gasteiger partial charge in [0, 0.05) is 19.7 Å². The third-order valence-electron chi connectivity index (χ3n) is 2.51. The molecular formula is C9H19NO5S. The molecule has 0 amide bonds. The van der Waals surface area contributed by atoms with Gasteiger partial charge in [-0.05, 0) is 12.8 Å². The monoisotopic (exact) mass is 253 g/mol. The Labute approximate surface area is 95.9 Å². The summed E-state index contributed by atoms with van der Waals surface area (Å²) >= 11 is 0. The molecule has 96 valence electrons. The maximum absolute atomic E-state index is 11.9. The fourth-order valence-corrected chi connectivity index (χ4v) is 3.39. The summed E-state index contributed by atoms with van der Waals surface area (Å²) in [6, 6.07) is 0. The van der Waals surface area contributed by atoms with E-state index in [9.17, 15) is 8.42 Å². The summed E-state index contributed by atoms with van der Waals surface area (Å²) in [5, 5.41) is 17.5. The van der Waals surface area contributed by atoms with Crippen molar-refractivity contribution in [2.45, 2.75) is 18.9 Å². The summed E-state index contributed by atoms with van der Waals surface area (Å²) in [7, 11) is -3.44. The minimum Gasteiger partial charge on any atom is -0.395 e. The van der Waals surface area contributed by atoms with Crippen molar-refractivity contribution in [3.8, 4) is 0 Å². The minimum atomic E-state index is -3.44. The number of rotatable bonds is 7. The highest BCUT2D eigenvalue weighted by Gasteiger charge is 2.27. The Morgan fingerprint density at radius 1 is 1.25 bits per heavy atom. The zero-order valence-corrected chi connectivity index (χ0v) is 10.0. The van der Waals surface area contributed by atoms with Gasteiger partial charge in [0.25, 0.3) is 0 Å². The van der Waals surface area contributed by atoms with Gasteiger partial charge < -0.3 is 14.9 Å². The fraction of sp³-hybridized carbons (Fsp3) is 1.00. The lowest BCUT2D eigenvalue weighted by Crippen LogP contribution is -2.40. The van der Waals surface area contributed by atoms with Crippen LogP contribution < -0.4 is 0 Å². The molecule has 7 heteroatoms. The van der Waals surface area contributed by atoms with Gasteiger partial charge in [-0.15, -0.1) is 0 Å². The van der Waals surface area contributed by atoms with Gasteiger partial charge in [0.2, 0.25) is 10.0 Å². The lowest BCUT2D eigenvalue weighted by molar-refractivity contribution is 0.125. The van der Waals surface area contributed by atoms with Gasteiger partial charge in [-0.25, -0.2) is 8.42 Å². The Bertz CT molecular complexity index is 280. The Hall–Kier alpha value is -0.210. The second-order valence-corrected chi connectivity index (χ2v) is 5.77. The van der Waals surface area contributed by atoms with Gasteiger partial charge in [0.1, 0.15) is 0 Å². The molecule has 1 heterocycles. The minimum absolute atomic E-state index is 0.0234. The standard InChI is InChI=1S/C9H19NO5S/c11-5-3-10(4-6-12)16(13,14)8-9-2-1-7-15-9/h9,11-12H,1-8H2. The van der Waals surface area contributed by atoms with Crippen LogP contribution in [0.5, 0.6) is 0 Å². The second-order valence-electron chi connectivity index (χ2n) is 3.76. The van der Waals surface area contributed by atoms with Crippen LogP contribution in [-0.4, -0.2) is 67.7 Å². The second kappa shape index (κ2) is 6.51. The van der Waals surface area contributed by atoms with Gasteiger partial charge in [-0.3, -0.25) is 0 Å². The lowest BCUT2D eigenvalue weighted by atomic mass is 10.3. The quantitative estimate of drug-likeness (QED) is 0.594.